The highest BCUT2D eigenvalue weighted by Gasteiger charge is 2.39. The SMILES string of the molecule is CC1CCC(N2CCCC(NC3CC3)C2=O)C(C)C1. The summed E-state index contributed by atoms with van der Waals surface area (Å²) >= 11 is 0. The Balaban J connectivity index is 1.63. The molecular formula is C16H28N2O. The Morgan fingerprint density at radius 1 is 1.11 bits per heavy atom. The topological polar surface area (TPSA) is 32.3 Å². The molecule has 2 saturated carbocycles. The Labute approximate surface area is 117 Å². The number of hydrogen-bond acceptors (Lipinski definition) is 2. The molecule has 0 spiro atoms. The van der Waals surface area contributed by atoms with Crippen LogP contribution in [0.5, 0.6) is 0 Å². The van der Waals surface area contributed by atoms with Crippen molar-refractivity contribution in [3.8, 4) is 0 Å². The molecule has 108 valence electrons. The van der Waals surface area contributed by atoms with Gasteiger partial charge in [-0.05, 0) is 56.8 Å². The second kappa shape index (κ2) is 5.43. The molecule has 0 radical (unpaired) electrons. The average Bonchev–Trinajstić information content (AvgIpc) is 3.17. The van der Waals surface area contributed by atoms with Gasteiger partial charge in [-0.2, -0.15) is 0 Å². The second-order valence-corrected chi connectivity index (χ2v) is 7.13. The lowest BCUT2D eigenvalue weighted by atomic mass is 9.78. The van der Waals surface area contributed by atoms with Gasteiger partial charge in [0.15, 0.2) is 0 Å². The number of carbonyl (C=O) groups is 1. The first-order valence-electron chi connectivity index (χ1n) is 8.21. The maximum absolute atomic E-state index is 12.7. The Bertz CT molecular complexity index is 340. The molecule has 1 saturated heterocycles. The molecule has 0 aromatic heterocycles. The summed E-state index contributed by atoms with van der Waals surface area (Å²) in [4.78, 5) is 14.9. The van der Waals surface area contributed by atoms with Gasteiger partial charge in [0, 0.05) is 18.6 Å². The molecule has 4 unspecified atom stereocenters. The van der Waals surface area contributed by atoms with Gasteiger partial charge in [-0.1, -0.05) is 13.8 Å². The van der Waals surface area contributed by atoms with Gasteiger partial charge in [0.25, 0.3) is 0 Å². The van der Waals surface area contributed by atoms with Crippen molar-refractivity contribution in [2.75, 3.05) is 6.54 Å². The van der Waals surface area contributed by atoms with Crippen molar-refractivity contribution >= 4 is 5.91 Å². The largest absolute Gasteiger partial charge is 0.338 e. The maximum Gasteiger partial charge on any atom is 0.239 e. The first-order valence-corrected chi connectivity index (χ1v) is 8.21. The van der Waals surface area contributed by atoms with Gasteiger partial charge in [0.1, 0.15) is 0 Å². The van der Waals surface area contributed by atoms with Crippen LogP contribution in [0.15, 0.2) is 0 Å². The smallest absolute Gasteiger partial charge is 0.239 e. The molecule has 1 N–H and O–H groups in total. The average molecular weight is 264 g/mol. The summed E-state index contributed by atoms with van der Waals surface area (Å²) in [5.74, 6) is 1.91. The summed E-state index contributed by atoms with van der Waals surface area (Å²) in [6.45, 7) is 5.68. The molecule has 1 aliphatic heterocycles. The van der Waals surface area contributed by atoms with Crippen LogP contribution in [0.2, 0.25) is 0 Å². The van der Waals surface area contributed by atoms with Crippen molar-refractivity contribution in [3.63, 3.8) is 0 Å². The van der Waals surface area contributed by atoms with Crippen LogP contribution in [-0.4, -0.2) is 35.5 Å². The van der Waals surface area contributed by atoms with Gasteiger partial charge in [-0.3, -0.25) is 4.79 Å². The van der Waals surface area contributed by atoms with Crippen LogP contribution >= 0.6 is 0 Å². The minimum Gasteiger partial charge on any atom is -0.338 e. The van der Waals surface area contributed by atoms with Crippen LogP contribution in [0, 0.1) is 11.8 Å². The fraction of sp³-hybridized carbons (Fsp3) is 0.938. The highest BCUT2D eigenvalue weighted by molar-refractivity contribution is 5.83. The van der Waals surface area contributed by atoms with Crippen molar-refractivity contribution in [2.24, 2.45) is 11.8 Å². The first kappa shape index (κ1) is 13.4. The van der Waals surface area contributed by atoms with E-state index in [1.165, 1.54) is 38.5 Å². The molecule has 2 aliphatic carbocycles. The zero-order chi connectivity index (χ0) is 13.4. The third kappa shape index (κ3) is 2.96. The van der Waals surface area contributed by atoms with E-state index in [1.807, 2.05) is 0 Å². The van der Waals surface area contributed by atoms with E-state index in [0.717, 1.165) is 18.9 Å². The summed E-state index contributed by atoms with van der Waals surface area (Å²) in [5, 5.41) is 3.54. The predicted molar refractivity (Wildman–Crippen MR) is 76.9 cm³/mol. The lowest BCUT2D eigenvalue weighted by molar-refractivity contribution is -0.140. The zero-order valence-corrected chi connectivity index (χ0v) is 12.4. The van der Waals surface area contributed by atoms with Gasteiger partial charge in [-0.15, -0.1) is 0 Å². The summed E-state index contributed by atoms with van der Waals surface area (Å²) in [6.07, 6.45) is 8.54. The maximum atomic E-state index is 12.7. The van der Waals surface area contributed by atoms with E-state index in [1.54, 1.807) is 0 Å². The Hall–Kier alpha value is -0.570. The Morgan fingerprint density at radius 2 is 1.89 bits per heavy atom. The third-order valence-electron chi connectivity index (χ3n) is 5.27. The van der Waals surface area contributed by atoms with Gasteiger partial charge in [0.05, 0.1) is 6.04 Å². The van der Waals surface area contributed by atoms with Crippen molar-refractivity contribution in [1.82, 2.24) is 10.2 Å². The third-order valence-corrected chi connectivity index (χ3v) is 5.27. The zero-order valence-electron chi connectivity index (χ0n) is 12.4. The van der Waals surface area contributed by atoms with Crippen molar-refractivity contribution < 1.29 is 4.79 Å². The molecule has 0 aromatic carbocycles. The molecule has 1 heterocycles. The standard InChI is InChI=1S/C16H28N2O/c1-11-5-8-15(12(2)10-11)18-9-3-4-14(16(18)19)17-13-6-7-13/h11-15,17H,3-10H2,1-2H3. The number of amides is 1. The fourth-order valence-corrected chi connectivity index (χ4v) is 4.03. The van der Waals surface area contributed by atoms with E-state index >= 15 is 0 Å². The second-order valence-electron chi connectivity index (χ2n) is 7.13. The van der Waals surface area contributed by atoms with E-state index in [9.17, 15) is 4.79 Å². The highest BCUT2D eigenvalue weighted by atomic mass is 16.2. The molecular weight excluding hydrogens is 236 g/mol. The molecule has 19 heavy (non-hydrogen) atoms. The van der Waals surface area contributed by atoms with E-state index < -0.39 is 0 Å². The van der Waals surface area contributed by atoms with Crippen molar-refractivity contribution in [2.45, 2.75) is 76.9 Å². The van der Waals surface area contributed by atoms with Crippen molar-refractivity contribution in [1.29, 1.82) is 0 Å². The van der Waals surface area contributed by atoms with E-state index in [0.29, 0.717) is 23.9 Å². The van der Waals surface area contributed by atoms with Crippen LogP contribution in [0.4, 0.5) is 0 Å². The van der Waals surface area contributed by atoms with Gasteiger partial charge in [-0.25, -0.2) is 0 Å². The van der Waals surface area contributed by atoms with E-state index in [4.69, 9.17) is 0 Å². The number of carbonyl (C=O) groups excluding carboxylic acids is 1. The van der Waals surface area contributed by atoms with Crippen LogP contribution < -0.4 is 5.32 Å². The minimum atomic E-state index is 0.118. The number of rotatable bonds is 3. The lowest BCUT2D eigenvalue weighted by Crippen LogP contribution is -2.56. The van der Waals surface area contributed by atoms with E-state index in [2.05, 4.69) is 24.1 Å². The predicted octanol–water partition coefficient (Wildman–Crippen LogP) is 2.55. The molecule has 4 atom stereocenters. The van der Waals surface area contributed by atoms with Gasteiger partial charge >= 0.3 is 0 Å². The van der Waals surface area contributed by atoms with E-state index in [-0.39, 0.29) is 6.04 Å². The van der Waals surface area contributed by atoms with Gasteiger partial charge < -0.3 is 10.2 Å². The lowest BCUT2D eigenvalue weighted by Gasteiger charge is -2.44. The quantitative estimate of drug-likeness (QED) is 0.849. The molecule has 1 amide bonds. The van der Waals surface area contributed by atoms with Crippen LogP contribution in [0.1, 0.15) is 58.8 Å². The number of likely N-dealkylation sites (tertiary alicyclic amines) is 1. The van der Waals surface area contributed by atoms with Gasteiger partial charge in [0.2, 0.25) is 5.91 Å². The number of hydrogen-bond donors (Lipinski definition) is 1. The summed E-state index contributed by atoms with van der Waals surface area (Å²) < 4.78 is 0. The highest BCUT2D eigenvalue weighted by Crippen LogP contribution is 2.34. The molecule has 0 aromatic rings. The summed E-state index contributed by atoms with van der Waals surface area (Å²) in [7, 11) is 0. The molecule has 3 nitrogen and oxygen atoms in total. The Kier molecular flexibility index (Phi) is 3.84. The number of nitrogens with one attached hydrogen (secondary N) is 1. The molecule has 3 aliphatic rings. The molecule has 3 rings (SSSR count). The summed E-state index contributed by atoms with van der Waals surface area (Å²) in [6, 6.07) is 1.26. The molecule has 0 bridgehead atoms. The van der Waals surface area contributed by atoms with Crippen LogP contribution in [-0.2, 0) is 4.79 Å². The van der Waals surface area contributed by atoms with Crippen LogP contribution in [0.25, 0.3) is 0 Å². The monoisotopic (exact) mass is 264 g/mol. The first-order chi connectivity index (χ1) is 9.15. The van der Waals surface area contributed by atoms with Crippen LogP contribution in [0.3, 0.4) is 0 Å². The molecule has 3 heteroatoms. The fourth-order valence-electron chi connectivity index (χ4n) is 4.03. The Morgan fingerprint density at radius 3 is 2.58 bits per heavy atom. The summed E-state index contributed by atoms with van der Waals surface area (Å²) in [5.41, 5.74) is 0. The number of nitrogens with zero attached hydrogens (tertiary/aromatic N) is 1. The molecule has 3 fully saturated rings. The number of piperidine rings is 1. The normalized spacial score (nSPS) is 40.5. The minimum absolute atomic E-state index is 0.118. The van der Waals surface area contributed by atoms with Crippen molar-refractivity contribution in [3.05, 3.63) is 0 Å².